The summed E-state index contributed by atoms with van der Waals surface area (Å²) in [5, 5.41) is 5.53. The van der Waals surface area contributed by atoms with Crippen molar-refractivity contribution in [1.82, 2.24) is 0 Å². The summed E-state index contributed by atoms with van der Waals surface area (Å²) in [4.78, 5) is 0. The molecule has 0 aromatic heterocycles. The molecule has 0 heterocycles. The maximum atomic E-state index is 2.41. The van der Waals surface area contributed by atoms with Crippen LogP contribution in [-0.2, 0) is 31.1 Å². The molecular weight excluding hydrogens is 462 g/mol. The second-order valence-corrected chi connectivity index (χ2v) is 8.42. The van der Waals surface area contributed by atoms with E-state index < -0.39 is 0 Å². The van der Waals surface area contributed by atoms with Crippen molar-refractivity contribution in [3.8, 4) is 0 Å². The second-order valence-electron chi connectivity index (χ2n) is 7.00. The van der Waals surface area contributed by atoms with Gasteiger partial charge in [-0.25, -0.2) is 0 Å². The number of benzene rings is 4. The van der Waals surface area contributed by atoms with E-state index in [1.54, 1.807) is 24.7 Å². The molecule has 3 heteroatoms. The van der Waals surface area contributed by atoms with E-state index in [9.17, 15) is 0 Å². The largest absolute Gasteiger partial charge is 1.00 e. The average molecular weight is 482 g/mol. The van der Waals surface area contributed by atoms with Gasteiger partial charge in [-0.05, 0) is 0 Å². The third-order valence-electron chi connectivity index (χ3n) is 5.62. The van der Waals surface area contributed by atoms with Gasteiger partial charge < -0.3 is 24.8 Å². The van der Waals surface area contributed by atoms with Crippen molar-refractivity contribution in [2.24, 2.45) is 0 Å². The summed E-state index contributed by atoms with van der Waals surface area (Å²) in [6.07, 6.45) is 3.48. The maximum Gasteiger partial charge on any atom is -1.00 e. The van der Waals surface area contributed by atoms with Crippen molar-refractivity contribution < 1.29 is 49.5 Å². The van der Waals surface area contributed by atoms with Gasteiger partial charge in [0.05, 0.1) is 0 Å². The van der Waals surface area contributed by atoms with Crippen LogP contribution in [0.4, 0.5) is 0 Å². The molecule has 0 saturated heterocycles. The van der Waals surface area contributed by atoms with Crippen molar-refractivity contribution in [2.45, 2.75) is 17.0 Å². The fourth-order valence-electron chi connectivity index (χ4n) is 4.29. The van der Waals surface area contributed by atoms with Gasteiger partial charge in [0, 0.05) is 0 Å². The van der Waals surface area contributed by atoms with Crippen molar-refractivity contribution >= 4 is 33.2 Å². The van der Waals surface area contributed by atoms with Crippen LogP contribution < -0.4 is 24.8 Å². The van der Waals surface area contributed by atoms with E-state index in [0.717, 1.165) is 6.42 Å². The SMILES string of the molecule is CCc1ccc(C2=Cc3ccccc3[CH]2[Zr+2])c2c1ccc1ccccc12.[Cl-].[Cl-]. The number of rotatable bonds is 2. The minimum absolute atomic E-state index is 0. The van der Waals surface area contributed by atoms with Gasteiger partial charge in [0.15, 0.2) is 0 Å². The zero-order chi connectivity index (χ0) is 17.7. The van der Waals surface area contributed by atoms with Crippen LogP contribution in [0.3, 0.4) is 0 Å². The Bertz CT molecular complexity index is 1190. The van der Waals surface area contributed by atoms with Crippen LogP contribution in [0, 0.1) is 0 Å². The summed E-state index contributed by atoms with van der Waals surface area (Å²) < 4.78 is 0.521. The molecule has 0 nitrogen and oxygen atoms in total. The molecule has 1 aliphatic rings. The Hall–Kier alpha value is -1.40. The van der Waals surface area contributed by atoms with Crippen LogP contribution in [0.15, 0.2) is 72.8 Å². The van der Waals surface area contributed by atoms with E-state index in [2.05, 4.69) is 85.8 Å². The van der Waals surface area contributed by atoms with Gasteiger partial charge in [-0.1, -0.05) is 0 Å². The zero-order valence-electron chi connectivity index (χ0n) is 15.5. The normalized spacial score (nSPS) is 15.0. The monoisotopic (exact) mass is 479 g/mol. The summed E-state index contributed by atoms with van der Waals surface area (Å²) in [6, 6.07) is 26.9. The first-order valence-electron chi connectivity index (χ1n) is 9.23. The first-order chi connectivity index (χ1) is 12.8. The van der Waals surface area contributed by atoms with Crippen molar-refractivity contribution in [2.75, 3.05) is 0 Å². The quantitative estimate of drug-likeness (QED) is 0.370. The van der Waals surface area contributed by atoms with Crippen LogP contribution in [-0.4, -0.2) is 0 Å². The Morgan fingerprint density at radius 2 is 1.54 bits per heavy atom. The fraction of sp³-hybridized carbons (Fsp3) is 0.120. The van der Waals surface area contributed by atoms with Gasteiger partial charge in [0.1, 0.15) is 0 Å². The molecule has 137 valence electrons. The molecule has 0 radical (unpaired) electrons. The molecular formula is C25H19Cl2Zr. The summed E-state index contributed by atoms with van der Waals surface area (Å²) in [7, 11) is 0. The number of hydrogen-bond acceptors (Lipinski definition) is 0. The van der Waals surface area contributed by atoms with Gasteiger partial charge in [-0.3, -0.25) is 0 Å². The van der Waals surface area contributed by atoms with Crippen LogP contribution in [0.5, 0.6) is 0 Å². The molecule has 5 rings (SSSR count). The predicted octanol–water partition coefficient (Wildman–Crippen LogP) is 0.706. The molecule has 1 unspecified atom stereocenters. The Kier molecular flexibility index (Phi) is 6.50. The molecule has 0 amide bonds. The van der Waals surface area contributed by atoms with Crippen molar-refractivity contribution in [3.63, 3.8) is 0 Å². The van der Waals surface area contributed by atoms with E-state index in [4.69, 9.17) is 0 Å². The summed E-state index contributed by atoms with van der Waals surface area (Å²) >= 11 is 1.56. The standard InChI is InChI=1S/C25H19.2ClH.Zr/c1-2-17-11-13-24(21-15-19-8-3-4-9-20(19)16-21)25-22-10-6-5-7-18(22)12-14-23(17)25;;;/h3-16H,2H2,1H3;2*1H;/q;;;+2/p-2. The van der Waals surface area contributed by atoms with Crippen molar-refractivity contribution in [1.29, 1.82) is 0 Å². The number of hydrogen-bond donors (Lipinski definition) is 0. The van der Waals surface area contributed by atoms with Gasteiger partial charge in [-0.15, -0.1) is 0 Å². The van der Waals surface area contributed by atoms with Crippen LogP contribution in [0.2, 0.25) is 0 Å². The summed E-state index contributed by atoms with van der Waals surface area (Å²) in [6.45, 7) is 2.25. The molecule has 0 spiro atoms. The number of allylic oxidation sites excluding steroid dienone is 1. The minimum Gasteiger partial charge on any atom is -1.00 e. The molecule has 0 aliphatic heterocycles. The Morgan fingerprint density at radius 3 is 2.32 bits per heavy atom. The maximum absolute atomic E-state index is 2.41. The zero-order valence-corrected chi connectivity index (χ0v) is 19.5. The van der Waals surface area contributed by atoms with Crippen LogP contribution >= 0.6 is 0 Å². The second kappa shape index (κ2) is 8.54. The minimum atomic E-state index is 0. The molecule has 0 fully saturated rings. The first kappa shape index (κ1) is 21.3. The van der Waals surface area contributed by atoms with E-state index >= 15 is 0 Å². The van der Waals surface area contributed by atoms with Gasteiger partial charge in [0.2, 0.25) is 0 Å². The molecule has 1 aliphatic carbocycles. The molecule has 0 N–H and O–H groups in total. The third kappa shape index (κ3) is 3.28. The van der Waals surface area contributed by atoms with Crippen LogP contribution in [0.1, 0.15) is 32.8 Å². The fourth-order valence-corrected chi connectivity index (χ4v) is 5.53. The van der Waals surface area contributed by atoms with Crippen LogP contribution in [0.25, 0.3) is 33.2 Å². The number of halogens is 2. The molecule has 0 bridgehead atoms. The first-order valence-corrected chi connectivity index (χ1v) is 10.6. The smallest absolute Gasteiger partial charge is 1.00 e. The summed E-state index contributed by atoms with van der Waals surface area (Å²) in [5.74, 6) is 0. The topological polar surface area (TPSA) is 0 Å². The van der Waals surface area contributed by atoms with E-state index in [-0.39, 0.29) is 24.8 Å². The molecule has 28 heavy (non-hydrogen) atoms. The molecule has 0 saturated carbocycles. The molecule has 4 aromatic carbocycles. The van der Waals surface area contributed by atoms with Gasteiger partial charge >= 0.3 is 170 Å². The summed E-state index contributed by atoms with van der Waals surface area (Å²) in [5.41, 5.74) is 7.19. The Balaban J connectivity index is 0.00000112. The number of fused-ring (bicyclic) bond motifs is 4. The van der Waals surface area contributed by atoms with E-state index in [0.29, 0.717) is 3.63 Å². The van der Waals surface area contributed by atoms with Crippen molar-refractivity contribution in [3.05, 3.63) is 95.1 Å². The number of aryl methyl sites for hydroxylation is 1. The Labute approximate surface area is 193 Å². The molecule has 1 atom stereocenters. The molecule has 4 aromatic rings. The Morgan fingerprint density at radius 1 is 0.786 bits per heavy atom. The van der Waals surface area contributed by atoms with E-state index in [1.807, 2.05) is 0 Å². The van der Waals surface area contributed by atoms with E-state index in [1.165, 1.54) is 49.4 Å². The predicted molar refractivity (Wildman–Crippen MR) is 108 cm³/mol. The van der Waals surface area contributed by atoms with Gasteiger partial charge in [-0.2, -0.15) is 0 Å². The average Bonchev–Trinajstić information content (AvgIpc) is 3.03. The van der Waals surface area contributed by atoms with Gasteiger partial charge in [0.25, 0.3) is 0 Å². The third-order valence-corrected chi connectivity index (χ3v) is 7.15.